The number of rotatable bonds is 5. The minimum atomic E-state index is 0.154. The van der Waals surface area contributed by atoms with Crippen LogP contribution >= 0.6 is 11.8 Å². The van der Waals surface area contributed by atoms with Gasteiger partial charge in [-0.25, -0.2) is 0 Å². The largest absolute Gasteiger partial charge is 0.355 e. The van der Waals surface area contributed by atoms with E-state index in [1.165, 1.54) is 0 Å². The first-order valence-electron chi connectivity index (χ1n) is 6.02. The van der Waals surface area contributed by atoms with E-state index < -0.39 is 0 Å². The third-order valence-electron chi connectivity index (χ3n) is 2.87. The van der Waals surface area contributed by atoms with Gasteiger partial charge < -0.3 is 10.6 Å². The number of hydrogen-bond acceptors (Lipinski definition) is 3. The molecule has 0 bridgehead atoms. The van der Waals surface area contributed by atoms with E-state index in [-0.39, 0.29) is 16.6 Å². The fraction of sp³-hybridized carbons (Fsp3) is 0.917. The van der Waals surface area contributed by atoms with Crippen LogP contribution in [0, 0.1) is 11.8 Å². The quantitative estimate of drug-likeness (QED) is 0.720. The summed E-state index contributed by atoms with van der Waals surface area (Å²) >= 11 is 1.89. The van der Waals surface area contributed by atoms with Crippen LogP contribution in [0.2, 0.25) is 0 Å². The van der Waals surface area contributed by atoms with Crippen LogP contribution in [0.15, 0.2) is 0 Å². The second-order valence-corrected chi connectivity index (χ2v) is 7.38. The van der Waals surface area contributed by atoms with E-state index in [9.17, 15) is 4.79 Å². The van der Waals surface area contributed by atoms with E-state index in [2.05, 4.69) is 31.4 Å². The van der Waals surface area contributed by atoms with Crippen LogP contribution in [-0.4, -0.2) is 36.0 Å². The Morgan fingerprint density at radius 1 is 1.50 bits per heavy atom. The molecular weight excluding hydrogens is 220 g/mol. The lowest BCUT2D eigenvalue weighted by molar-refractivity contribution is -0.126. The summed E-state index contributed by atoms with van der Waals surface area (Å²) < 4.78 is 0.286. The van der Waals surface area contributed by atoms with Gasteiger partial charge in [0, 0.05) is 23.0 Å². The zero-order valence-electron chi connectivity index (χ0n) is 10.8. The first-order chi connectivity index (χ1) is 7.40. The molecule has 1 rings (SSSR count). The number of thioether (sulfide) groups is 1. The lowest BCUT2D eigenvalue weighted by atomic mass is 9.88. The maximum atomic E-state index is 11.8. The molecule has 0 spiro atoms. The zero-order chi connectivity index (χ0) is 12.2. The molecule has 0 aromatic heterocycles. The zero-order valence-corrected chi connectivity index (χ0v) is 11.6. The van der Waals surface area contributed by atoms with Crippen LogP contribution in [0.1, 0.15) is 27.7 Å². The summed E-state index contributed by atoms with van der Waals surface area (Å²) in [5, 5.41) is 6.22. The lowest BCUT2D eigenvalue weighted by Crippen LogP contribution is -2.49. The van der Waals surface area contributed by atoms with Crippen molar-refractivity contribution >= 4 is 17.7 Å². The van der Waals surface area contributed by atoms with Crippen LogP contribution in [0.4, 0.5) is 0 Å². The highest BCUT2D eigenvalue weighted by atomic mass is 32.2. The van der Waals surface area contributed by atoms with Crippen molar-refractivity contribution in [3.63, 3.8) is 0 Å². The molecular formula is C12H24N2OS. The molecule has 0 aromatic carbocycles. The highest BCUT2D eigenvalue weighted by molar-refractivity contribution is 8.00. The Labute approximate surface area is 103 Å². The maximum absolute atomic E-state index is 11.8. The van der Waals surface area contributed by atoms with E-state index in [1.807, 2.05) is 18.7 Å². The average molecular weight is 244 g/mol. The fourth-order valence-electron chi connectivity index (χ4n) is 1.57. The molecule has 16 heavy (non-hydrogen) atoms. The Kier molecular flexibility index (Phi) is 5.12. The predicted molar refractivity (Wildman–Crippen MR) is 70.7 cm³/mol. The van der Waals surface area contributed by atoms with Crippen LogP contribution in [0.5, 0.6) is 0 Å². The monoisotopic (exact) mass is 244 g/mol. The van der Waals surface area contributed by atoms with Crippen molar-refractivity contribution in [1.82, 2.24) is 10.6 Å². The summed E-state index contributed by atoms with van der Waals surface area (Å²) in [7, 11) is 0. The molecule has 1 atom stereocenters. The molecule has 0 aromatic rings. The normalized spacial score (nSPS) is 19.0. The SMILES string of the molecule is CC(C(=O)NCCSC(C)(C)C)C1CNC1. The van der Waals surface area contributed by atoms with Crippen LogP contribution in [0.3, 0.4) is 0 Å². The van der Waals surface area contributed by atoms with Gasteiger partial charge in [-0.15, -0.1) is 0 Å². The Balaban J connectivity index is 2.10. The van der Waals surface area contributed by atoms with Gasteiger partial charge in [-0.1, -0.05) is 27.7 Å². The first kappa shape index (κ1) is 13.8. The molecule has 1 aliphatic heterocycles. The number of nitrogens with one attached hydrogen (secondary N) is 2. The van der Waals surface area contributed by atoms with Crippen molar-refractivity contribution in [2.75, 3.05) is 25.4 Å². The summed E-state index contributed by atoms with van der Waals surface area (Å²) in [5.74, 6) is 1.89. The van der Waals surface area contributed by atoms with Crippen molar-refractivity contribution in [3.05, 3.63) is 0 Å². The molecule has 4 heteroatoms. The Bertz CT molecular complexity index is 234. The molecule has 2 N–H and O–H groups in total. The predicted octanol–water partition coefficient (Wildman–Crippen LogP) is 1.49. The van der Waals surface area contributed by atoms with Crippen LogP contribution < -0.4 is 10.6 Å². The lowest BCUT2D eigenvalue weighted by Gasteiger charge is -2.31. The number of carbonyl (C=O) groups excluding carboxylic acids is 1. The topological polar surface area (TPSA) is 41.1 Å². The van der Waals surface area contributed by atoms with E-state index >= 15 is 0 Å². The summed E-state index contributed by atoms with van der Waals surface area (Å²) in [6.45, 7) is 11.4. The van der Waals surface area contributed by atoms with Gasteiger partial charge in [0.25, 0.3) is 0 Å². The van der Waals surface area contributed by atoms with Gasteiger partial charge in [-0.05, 0) is 19.0 Å². The minimum absolute atomic E-state index is 0.154. The molecule has 1 amide bonds. The minimum Gasteiger partial charge on any atom is -0.355 e. The Hall–Kier alpha value is -0.220. The molecule has 0 saturated carbocycles. The standard InChI is InChI=1S/C12H24N2OS/c1-9(10-7-13-8-10)11(15)14-5-6-16-12(2,3)4/h9-10,13H,5-8H2,1-4H3,(H,14,15). The van der Waals surface area contributed by atoms with Crippen LogP contribution in [0.25, 0.3) is 0 Å². The smallest absolute Gasteiger partial charge is 0.223 e. The number of carbonyl (C=O) groups is 1. The summed E-state index contributed by atoms with van der Waals surface area (Å²) in [6.07, 6.45) is 0. The first-order valence-corrected chi connectivity index (χ1v) is 7.01. The van der Waals surface area contributed by atoms with Gasteiger partial charge in [0.15, 0.2) is 0 Å². The highest BCUT2D eigenvalue weighted by Crippen LogP contribution is 2.22. The molecule has 0 aliphatic carbocycles. The molecule has 94 valence electrons. The summed E-state index contributed by atoms with van der Waals surface area (Å²) in [5.41, 5.74) is 0. The molecule has 1 saturated heterocycles. The third-order valence-corrected chi connectivity index (χ3v) is 4.14. The molecule has 1 aliphatic rings. The molecule has 1 fully saturated rings. The maximum Gasteiger partial charge on any atom is 0.223 e. The summed E-state index contributed by atoms with van der Waals surface area (Å²) in [6, 6.07) is 0. The fourth-order valence-corrected chi connectivity index (χ4v) is 2.39. The molecule has 1 unspecified atom stereocenters. The number of amides is 1. The van der Waals surface area contributed by atoms with Crippen molar-refractivity contribution in [1.29, 1.82) is 0 Å². The van der Waals surface area contributed by atoms with Gasteiger partial charge in [0.05, 0.1) is 0 Å². The average Bonchev–Trinajstić information content (AvgIpc) is 2.07. The van der Waals surface area contributed by atoms with Crippen molar-refractivity contribution < 1.29 is 4.79 Å². The van der Waals surface area contributed by atoms with E-state index in [0.717, 1.165) is 25.4 Å². The molecule has 3 nitrogen and oxygen atoms in total. The molecule has 1 heterocycles. The van der Waals surface area contributed by atoms with Gasteiger partial charge in [-0.3, -0.25) is 4.79 Å². The van der Waals surface area contributed by atoms with Crippen molar-refractivity contribution in [2.45, 2.75) is 32.4 Å². The third kappa shape index (κ3) is 4.74. The second kappa shape index (κ2) is 5.92. The second-order valence-electron chi connectivity index (χ2n) is 5.46. The number of hydrogen-bond donors (Lipinski definition) is 2. The van der Waals surface area contributed by atoms with Gasteiger partial charge >= 0.3 is 0 Å². The van der Waals surface area contributed by atoms with E-state index in [0.29, 0.717) is 5.92 Å². The summed E-state index contributed by atoms with van der Waals surface area (Å²) in [4.78, 5) is 11.8. The van der Waals surface area contributed by atoms with Crippen molar-refractivity contribution in [2.24, 2.45) is 11.8 Å². The molecule has 0 radical (unpaired) electrons. The van der Waals surface area contributed by atoms with Gasteiger partial charge in [0.2, 0.25) is 5.91 Å². The highest BCUT2D eigenvalue weighted by Gasteiger charge is 2.28. The van der Waals surface area contributed by atoms with E-state index in [1.54, 1.807) is 0 Å². The Morgan fingerprint density at radius 3 is 2.56 bits per heavy atom. The van der Waals surface area contributed by atoms with E-state index in [4.69, 9.17) is 0 Å². The van der Waals surface area contributed by atoms with Crippen LogP contribution in [-0.2, 0) is 4.79 Å². The van der Waals surface area contributed by atoms with Crippen molar-refractivity contribution in [3.8, 4) is 0 Å². The van der Waals surface area contributed by atoms with Gasteiger partial charge in [-0.2, -0.15) is 11.8 Å². The Morgan fingerprint density at radius 2 is 2.12 bits per heavy atom. The van der Waals surface area contributed by atoms with Gasteiger partial charge in [0.1, 0.15) is 0 Å².